The maximum Gasteiger partial charge on any atom is 0.449 e. The van der Waals surface area contributed by atoms with E-state index in [1.807, 2.05) is 6.40 Å². The highest BCUT2D eigenvalue weighted by Crippen LogP contribution is 2.29. The predicted octanol–water partition coefficient (Wildman–Crippen LogP) is -0.414. The van der Waals surface area contributed by atoms with E-state index in [2.05, 4.69) is 19.1 Å². The predicted molar refractivity (Wildman–Crippen MR) is 47.2 cm³/mol. The molecule has 0 radical (unpaired) electrons. The highest BCUT2D eigenvalue weighted by atomic mass is 19.4. The van der Waals surface area contributed by atoms with Gasteiger partial charge in [0.05, 0.1) is 0 Å². The van der Waals surface area contributed by atoms with Crippen LogP contribution in [-0.2, 0) is 15.7 Å². The number of hydrogen-bond donors (Lipinski definition) is 1. The quantitative estimate of drug-likeness (QED) is 0.569. The fourth-order valence-corrected chi connectivity index (χ4v) is 1.08. The summed E-state index contributed by atoms with van der Waals surface area (Å²) in [6.45, 7) is 0. The van der Waals surface area contributed by atoms with Gasteiger partial charge >= 0.3 is 6.18 Å². The van der Waals surface area contributed by atoms with E-state index < -0.39 is 24.1 Å². The molecule has 2 heterocycles. The number of alkyl halides is 3. The number of nitrogens with one attached hydrogen (secondary N) is 1. The average Bonchev–Trinajstić information content (AvgIpc) is 2.82. The highest BCUT2D eigenvalue weighted by Gasteiger charge is 2.34. The number of halogens is 3. The molecule has 1 N–H and O–H groups in total. The van der Waals surface area contributed by atoms with Crippen molar-refractivity contribution in [3.8, 4) is 0 Å². The molecule has 5 nitrogen and oxygen atoms in total. The van der Waals surface area contributed by atoms with Crippen LogP contribution in [0.3, 0.4) is 0 Å². The minimum absolute atomic E-state index is 0.0828. The molecule has 1 aromatic heterocycles. The molecule has 1 aliphatic rings. The maximum atomic E-state index is 12.2. The van der Waals surface area contributed by atoms with Crippen LogP contribution in [0.25, 0.3) is 0 Å². The Kier molecular flexibility index (Phi) is 2.70. The molecule has 1 aliphatic heterocycles. The van der Waals surface area contributed by atoms with Crippen molar-refractivity contribution in [1.82, 2.24) is 0 Å². The van der Waals surface area contributed by atoms with Crippen molar-refractivity contribution < 1.29 is 32.1 Å². The second kappa shape index (κ2) is 4.04. The fraction of sp³-hybridized carbons (Fsp3) is 0.222. The molecular formula is C9H5F3N2O3. The number of aliphatic imine (C=N–C) groups is 1. The number of hydrogen-bond acceptors (Lipinski definition) is 3. The summed E-state index contributed by atoms with van der Waals surface area (Å²) in [6.07, 6.45) is -2.56. The van der Waals surface area contributed by atoms with Gasteiger partial charge in [-0.25, -0.2) is 4.99 Å². The Hall–Kier alpha value is -2.12. The van der Waals surface area contributed by atoms with Gasteiger partial charge in [-0.2, -0.15) is 13.2 Å². The Morgan fingerprint density at radius 1 is 1.47 bits per heavy atom. The molecule has 90 valence electrons. The highest BCUT2D eigenvalue weighted by molar-refractivity contribution is 5.90. The van der Waals surface area contributed by atoms with Gasteiger partial charge in [-0.1, -0.05) is 0 Å². The Balaban J connectivity index is 2.07. The summed E-state index contributed by atoms with van der Waals surface area (Å²) in [5.41, 5.74) is 0. The number of carbonyl (C=O) groups excluding carboxylic acids is 1. The van der Waals surface area contributed by atoms with Gasteiger partial charge in [-0.3, -0.25) is 0 Å². The SMILES string of the molecule is O=C1N=[C-]OC1[NH+]=Cc1ccc(C(F)(F)F)o1. The Morgan fingerprint density at radius 2 is 2.24 bits per heavy atom. The number of furan rings is 1. The van der Waals surface area contributed by atoms with Crippen molar-refractivity contribution in [2.45, 2.75) is 12.4 Å². The standard InChI is InChI=1S/C9H4F3N2O3/c10-9(11,12)6-2-1-5(17-6)3-13-8-7(15)14-4-16-8/h1-3,8H/q-1/p+1. The molecule has 1 aromatic rings. The summed E-state index contributed by atoms with van der Waals surface area (Å²) in [4.78, 5) is 16.5. The molecule has 1 unspecified atom stereocenters. The minimum atomic E-state index is -4.54. The van der Waals surface area contributed by atoms with Gasteiger partial charge in [0.1, 0.15) is 0 Å². The molecule has 8 heteroatoms. The Morgan fingerprint density at radius 3 is 2.76 bits per heavy atom. The normalized spacial score (nSPS) is 20.2. The van der Waals surface area contributed by atoms with Crippen molar-refractivity contribution in [2.24, 2.45) is 4.99 Å². The first-order valence-corrected chi connectivity index (χ1v) is 4.38. The van der Waals surface area contributed by atoms with Crippen LogP contribution in [0.5, 0.6) is 0 Å². The van der Waals surface area contributed by atoms with E-state index >= 15 is 0 Å². The molecule has 0 saturated heterocycles. The summed E-state index contributed by atoms with van der Waals surface area (Å²) >= 11 is 0. The van der Waals surface area contributed by atoms with E-state index in [-0.39, 0.29) is 5.76 Å². The third kappa shape index (κ3) is 2.52. The number of amides is 1. The van der Waals surface area contributed by atoms with Crippen LogP contribution >= 0.6 is 0 Å². The van der Waals surface area contributed by atoms with Crippen LogP contribution in [0, 0.1) is 0 Å². The molecule has 0 fully saturated rings. The summed E-state index contributed by atoms with van der Waals surface area (Å²) in [5.74, 6) is -1.82. The van der Waals surface area contributed by atoms with Crippen LogP contribution in [0.2, 0.25) is 0 Å². The summed E-state index contributed by atoms with van der Waals surface area (Å²) in [7, 11) is 0. The van der Waals surface area contributed by atoms with Gasteiger partial charge in [-0.05, 0) is 12.1 Å². The van der Waals surface area contributed by atoms with Crippen molar-refractivity contribution in [2.75, 3.05) is 0 Å². The molecule has 17 heavy (non-hydrogen) atoms. The zero-order valence-electron chi connectivity index (χ0n) is 8.12. The summed E-state index contributed by atoms with van der Waals surface area (Å²) in [5, 5.41) is 0. The fourth-order valence-electron chi connectivity index (χ4n) is 1.08. The van der Waals surface area contributed by atoms with Crippen LogP contribution in [0.15, 0.2) is 21.5 Å². The first-order chi connectivity index (χ1) is 7.97. The lowest BCUT2D eigenvalue weighted by Crippen LogP contribution is -2.78. The maximum absolute atomic E-state index is 12.2. The van der Waals surface area contributed by atoms with Crippen molar-refractivity contribution in [1.29, 1.82) is 0 Å². The smallest absolute Gasteiger partial charge is 0.449 e. The van der Waals surface area contributed by atoms with Gasteiger partial charge in [0.25, 0.3) is 6.23 Å². The van der Waals surface area contributed by atoms with Crippen molar-refractivity contribution in [3.05, 3.63) is 23.7 Å². The molecule has 0 bridgehead atoms. The molecule has 0 spiro atoms. The van der Waals surface area contributed by atoms with Crippen LogP contribution in [-0.4, -0.2) is 24.8 Å². The van der Waals surface area contributed by atoms with E-state index in [1.165, 1.54) is 0 Å². The molecule has 2 rings (SSSR count). The van der Waals surface area contributed by atoms with Gasteiger partial charge in [0.2, 0.25) is 12.0 Å². The summed E-state index contributed by atoms with van der Waals surface area (Å²) < 4.78 is 45.6. The zero-order chi connectivity index (χ0) is 12.5. The van der Waals surface area contributed by atoms with Gasteiger partial charge < -0.3 is 18.9 Å². The largest absolute Gasteiger partial charge is 0.529 e. The van der Waals surface area contributed by atoms with Gasteiger partial charge in [-0.15, -0.1) is 0 Å². The van der Waals surface area contributed by atoms with E-state index in [9.17, 15) is 18.0 Å². The van der Waals surface area contributed by atoms with Crippen LogP contribution in [0.1, 0.15) is 11.5 Å². The first-order valence-electron chi connectivity index (χ1n) is 4.38. The molecule has 0 saturated carbocycles. The number of nitrogens with zero attached hydrogens (tertiary/aromatic N) is 1. The lowest BCUT2D eigenvalue weighted by molar-refractivity contribution is -0.524. The molecular weight excluding hydrogens is 241 g/mol. The Bertz CT molecular complexity index is 490. The third-order valence-corrected chi connectivity index (χ3v) is 1.83. The lowest BCUT2D eigenvalue weighted by atomic mass is 10.4. The second-order valence-electron chi connectivity index (χ2n) is 3.05. The third-order valence-electron chi connectivity index (χ3n) is 1.83. The van der Waals surface area contributed by atoms with E-state index in [1.54, 1.807) is 0 Å². The minimum Gasteiger partial charge on any atom is -0.529 e. The molecule has 0 aliphatic carbocycles. The van der Waals surface area contributed by atoms with Gasteiger partial charge in [0, 0.05) is 6.40 Å². The number of carbonyl (C=O) groups is 1. The lowest BCUT2D eigenvalue weighted by Gasteiger charge is -2.01. The monoisotopic (exact) mass is 246 g/mol. The topological polar surface area (TPSA) is 65.8 Å². The van der Waals surface area contributed by atoms with E-state index in [4.69, 9.17) is 0 Å². The molecule has 0 aromatic carbocycles. The van der Waals surface area contributed by atoms with Crippen molar-refractivity contribution >= 4 is 18.5 Å². The van der Waals surface area contributed by atoms with E-state index in [0.29, 0.717) is 0 Å². The summed E-state index contributed by atoms with van der Waals surface area (Å²) in [6, 6.07) is 1.90. The van der Waals surface area contributed by atoms with Crippen molar-refractivity contribution in [3.63, 3.8) is 0 Å². The Labute approximate surface area is 92.6 Å². The first kappa shape index (κ1) is 11.4. The van der Waals surface area contributed by atoms with E-state index in [0.717, 1.165) is 18.3 Å². The molecule has 1 atom stereocenters. The van der Waals surface area contributed by atoms with Gasteiger partial charge in [0.15, 0.2) is 11.7 Å². The second-order valence-corrected chi connectivity index (χ2v) is 3.05. The zero-order valence-corrected chi connectivity index (χ0v) is 8.12. The molecule has 1 amide bonds. The number of ether oxygens (including phenoxy) is 1. The average molecular weight is 246 g/mol. The van der Waals surface area contributed by atoms with Crippen LogP contribution in [0.4, 0.5) is 13.2 Å². The number of rotatable bonds is 2. The van der Waals surface area contributed by atoms with Crippen LogP contribution < -0.4 is 4.99 Å².